The van der Waals surface area contributed by atoms with Crippen LogP contribution in [0.1, 0.15) is 31.7 Å². The average Bonchev–Trinajstić information content (AvgIpc) is 2.68. The highest BCUT2D eigenvalue weighted by atomic mass is 19.1. The number of benzene rings is 1. The average molecular weight is 361 g/mol. The maximum atomic E-state index is 13.6. The van der Waals surface area contributed by atoms with E-state index in [1.165, 1.54) is 6.07 Å². The number of anilines is 1. The molecule has 2 unspecified atom stereocenters. The fourth-order valence-electron chi connectivity index (χ4n) is 4.53. The standard InChI is InChI=1S/C20H28FN3O2/c1-14-2-3-15-12-16(21)4-5-18(15)24(14)20(25)19-13-23(10-11-26-19)17-6-8-22-9-7-17/h4-5,12,14,17,19,22H,2-3,6-11,13H2,1H3. The molecule has 6 heteroatoms. The van der Waals surface area contributed by atoms with Crippen LogP contribution in [-0.2, 0) is 16.0 Å². The highest BCUT2D eigenvalue weighted by Crippen LogP contribution is 2.32. The summed E-state index contributed by atoms with van der Waals surface area (Å²) in [6.07, 6.45) is 3.49. The predicted octanol–water partition coefficient (Wildman–Crippen LogP) is 1.95. The van der Waals surface area contributed by atoms with Crippen molar-refractivity contribution in [1.29, 1.82) is 0 Å². The lowest BCUT2D eigenvalue weighted by molar-refractivity contribution is -0.137. The van der Waals surface area contributed by atoms with Crippen molar-refractivity contribution in [3.8, 4) is 0 Å². The third-order valence-electron chi connectivity index (χ3n) is 6.01. The Balaban J connectivity index is 1.51. The summed E-state index contributed by atoms with van der Waals surface area (Å²) < 4.78 is 19.5. The Labute approximate surface area is 154 Å². The number of piperidine rings is 1. The van der Waals surface area contributed by atoms with Crippen LogP contribution in [0.15, 0.2) is 18.2 Å². The molecule has 2 atom stereocenters. The van der Waals surface area contributed by atoms with Crippen LogP contribution >= 0.6 is 0 Å². The quantitative estimate of drug-likeness (QED) is 0.875. The van der Waals surface area contributed by atoms with Gasteiger partial charge in [-0.15, -0.1) is 0 Å². The van der Waals surface area contributed by atoms with Crippen molar-refractivity contribution in [2.24, 2.45) is 0 Å². The molecule has 0 saturated carbocycles. The zero-order chi connectivity index (χ0) is 18.1. The van der Waals surface area contributed by atoms with E-state index in [9.17, 15) is 9.18 Å². The number of morpholine rings is 1. The van der Waals surface area contributed by atoms with Crippen molar-refractivity contribution in [2.75, 3.05) is 37.7 Å². The van der Waals surface area contributed by atoms with E-state index in [0.29, 0.717) is 19.2 Å². The van der Waals surface area contributed by atoms with Crippen molar-refractivity contribution < 1.29 is 13.9 Å². The lowest BCUT2D eigenvalue weighted by Gasteiger charge is -2.42. The summed E-state index contributed by atoms with van der Waals surface area (Å²) >= 11 is 0. The minimum Gasteiger partial charge on any atom is -0.366 e. The lowest BCUT2D eigenvalue weighted by atomic mass is 9.95. The molecule has 1 N–H and O–H groups in total. The second-order valence-corrected chi connectivity index (χ2v) is 7.70. The molecule has 1 aromatic carbocycles. The summed E-state index contributed by atoms with van der Waals surface area (Å²) in [5, 5.41) is 3.40. The van der Waals surface area contributed by atoms with Crippen molar-refractivity contribution in [1.82, 2.24) is 10.2 Å². The summed E-state index contributed by atoms with van der Waals surface area (Å²) in [6.45, 7) is 6.30. The molecule has 4 rings (SSSR count). The Morgan fingerprint density at radius 3 is 2.88 bits per heavy atom. The fraction of sp³-hybridized carbons (Fsp3) is 0.650. The number of carbonyl (C=O) groups excluding carboxylic acids is 1. The summed E-state index contributed by atoms with van der Waals surface area (Å²) in [7, 11) is 0. The molecule has 5 nitrogen and oxygen atoms in total. The van der Waals surface area contributed by atoms with Gasteiger partial charge in [-0.2, -0.15) is 0 Å². The monoisotopic (exact) mass is 361 g/mol. The molecular weight excluding hydrogens is 333 g/mol. The number of ether oxygens (including phenoxy) is 1. The Morgan fingerprint density at radius 1 is 1.27 bits per heavy atom. The maximum Gasteiger partial charge on any atom is 0.257 e. The number of hydrogen-bond acceptors (Lipinski definition) is 4. The van der Waals surface area contributed by atoms with E-state index < -0.39 is 6.10 Å². The normalized spacial score (nSPS) is 28.0. The molecule has 142 valence electrons. The Hall–Kier alpha value is -1.50. The minimum absolute atomic E-state index is 0.0173. The van der Waals surface area contributed by atoms with Gasteiger partial charge in [0.15, 0.2) is 0 Å². The molecule has 1 aromatic rings. The van der Waals surface area contributed by atoms with Crippen LogP contribution < -0.4 is 10.2 Å². The van der Waals surface area contributed by atoms with Gasteiger partial charge in [0, 0.05) is 30.9 Å². The molecule has 3 aliphatic heterocycles. The number of amides is 1. The number of fused-ring (bicyclic) bond motifs is 1. The minimum atomic E-state index is -0.433. The fourth-order valence-corrected chi connectivity index (χ4v) is 4.53. The van der Waals surface area contributed by atoms with Crippen molar-refractivity contribution in [2.45, 2.75) is 50.8 Å². The molecule has 0 bridgehead atoms. The number of aryl methyl sites for hydroxylation is 1. The van der Waals surface area contributed by atoms with Crippen LogP contribution in [0.4, 0.5) is 10.1 Å². The first kappa shape index (κ1) is 17.9. The van der Waals surface area contributed by atoms with Crippen molar-refractivity contribution >= 4 is 11.6 Å². The molecule has 2 saturated heterocycles. The largest absolute Gasteiger partial charge is 0.366 e. The van der Waals surface area contributed by atoms with E-state index in [2.05, 4.69) is 17.1 Å². The van der Waals surface area contributed by atoms with Crippen molar-refractivity contribution in [3.05, 3.63) is 29.6 Å². The molecule has 26 heavy (non-hydrogen) atoms. The van der Waals surface area contributed by atoms with Crippen molar-refractivity contribution in [3.63, 3.8) is 0 Å². The van der Waals surface area contributed by atoms with Gasteiger partial charge in [-0.3, -0.25) is 9.69 Å². The Bertz CT molecular complexity index is 662. The topological polar surface area (TPSA) is 44.8 Å². The summed E-state index contributed by atoms with van der Waals surface area (Å²) in [4.78, 5) is 17.6. The zero-order valence-electron chi connectivity index (χ0n) is 15.4. The summed E-state index contributed by atoms with van der Waals surface area (Å²) in [5.74, 6) is -0.222. The number of carbonyl (C=O) groups is 1. The van der Waals surface area contributed by atoms with Crippen LogP contribution in [-0.4, -0.2) is 61.8 Å². The highest BCUT2D eigenvalue weighted by molar-refractivity contribution is 5.98. The number of halogens is 1. The number of hydrogen-bond donors (Lipinski definition) is 1. The van der Waals surface area contributed by atoms with Gasteiger partial charge in [-0.1, -0.05) is 0 Å². The first-order chi connectivity index (χ1) is 12.6. The third kappa shape index (κ3) is 3.50. The van der Waals surface area contributed by atoms with Gasteiger partial charge in [0.25, 0.3) is 5.91 Å². The van der Waals surface area contributed by atoms with E-state index in [4.69, 9.17) is 4.74 Å². The predicted molar refractivity (Wildman–Crippen MR) is 98.9 cm³/mol. The summed E-state index contributed by atoms with van der Waals surface area (Å²) in [6, 6.07) is 5.39. The van der Waals surface area contributed by atoms with E-state index in [0.717, 1.165) is 56.6 Å². The molecule has 1 amide bonds. The van der Waals surface area contributed by atoms with E-state index in [1.54, 1.807) is 12.1 Å². The van der Waals surface area contributed by atoms with Crippen LogP contribution in [0.25, 0.3) is 0 Å². The van der Waals surface area contributed by atoms with E-state index in [1.807, 2.05) is 4.90 Å². The first-order valence-electron chi connectivity index (χ1n) is 9.81. The van der Waals surface area contributed by atoms with Gasteiger partial charge >= 0.3 is 0 Å². The smallest absolute Gasteiger partial charge is 0.257 e. The van der Waals surface area contributed by atoms with Gasteiger partial charge in [0.2, 0.25) is 0 Å². The second-order valence-electron chi connectivity index (χ2n) is 7.70. The first-order valence-corrected chi connectivity index (χ1v) is 9.81. The molecule has 3 heterocycles. The zero-order valence-corrected chi connectivity index (χ0v) is 15.4. The molecule has 3 aliphatic rings. The number of rotatable bonds is 2. The number of nitrogens with zero attached hydrogens (tertiary/aromatic N) is 2. The van der Waals surface area contributed by atoms with Crippen LogP contribution in [0.5, 0.6) is 0 Å². The Kier molecular flexibility index (Phi) is 5.25. The van der Waals surface area contributed by atoms with Crippen LogP contribution in [0.2, 0.25) is 0 Å². The van der Waals surface area contributed by atoms with Gasteiger partial charge in [0.1, 0.15) is 11.9 Å². The molecule has 0 aliphatic carbocycles. The van der Waals surface area contributed by atoms with Gasteiger partial charge < -0.3 is 15.0 Å². The van der Waals surface area contributed by atoms with E-state index in [-0.39, 0.29) is 17.8 Å². The lowest BCUT2D eigenvalue weighted by Crippen LogP contribution is -2.57. The molecule has 2 fully saturated rings. The maximum absolute atomic E-state index is 13.6. The third-order valence-corrected chi connectivity index (χ3v) is 6.01. The van der Waals surface area contributed by atoms with Crippen LogP contribution in [0, 0.1) is 5.82 Å². The molecule has 0 radical (unpaired) electrons. The van der Waals surface area contributed by atoms with Gasteiger partial charge in [0.05, 0.1) is 6.61 Å². The van der Waals surface area contributed by atoms with Gasteiger partial charge in [-0.25, -0.2) is 4.39 Å². The molecular formula is C20H28FN3O2. The molecule has 0 spiro atoms. The summed E-state index contributed by atoms with van der Waals surface area (Å²) in [5.41, 5.74) is 1.76. The Morgan fingerprint density at radius 2 is 2.08 bits per heavy atom. The van der Waals surface area contributed by atoms with Gasteiger partial charge in [-0.05, 0) is 69.5 Å². The highest BCUT2D eigenvalue weighted by Gasteiger charge is 2.37. The second kappa shape index (κ2) is 7.62. The SMILES string of the molecule is CC1CCc2cc(F)ccc2N1C(=O)C1CN(C2CCNCC2)CCO1. The van der Waals surface area contributed by atoms with E-state index >= 15 is 0 Å². The van der Waals surface area contributed by atoms with Crippen LogP contribution in [0.3, 0.4) is 0 Å². The number of nitrogens with one attached hydrogen (secondary N) is 1. The molecule has 0 aromatic heterocycles.